The molecule has 0 radical (unpaired) electrons. The van der Waals surface area contributed by atoms with Crippen molar-refractivity contribution >= 4 is 23.1 Å². The lowest BCUT2D eigenvalue weighted by Crippen LogP contribution is -2.29. The average molecular weight is 566 g/mol. The molecule has 0 bridgehead atoms. The van der Waals surface area contributed by atoms with E-state index in [2.05, 4.69) is 32.1 Å². The van der Waals surface area contributed by atoms with Crippen molar-refractivity contribution in [2.75, 3.05) is 31.5 Å². The number of carbonyl (C=O) groups excluding carboxylic acids is 1. The van der Waals surface area contributed by atoms with Gasteiger partial charge in [-0.15, -0.1) is 0 Å². The molecule has 10 heteroatoms. The van der Waals surface area contributed by atoms with Gasteiger partial charge >= 0.3 is 6.18 Å². The fourth-order valence-corrected chi connectivity index (χ4v) is 4.37. The number of likely N-dealkylation sites (tertiary alicyclic amines) is 1. The maximum Gasteiger partial charge on any atom is 0.416 e. The zero-order valence-corrected chi connectivity index (χ0v) is 23.2. The molecule has 3 aromatic rings. The molecule has 2 heterocycles. The minimum atomic E-state index is -4.46. The van der Waals surface area contributed by atoms with E-state index in [0.717, 1.165) is 43.8 Å². The number of nitrogens with one attached hydrogen (secondary N) is 2. The highest BCUT2D eigenvalue weighted by atomic mass is 19.4. The molecule has 41 heavy (non-hydrogen) atoms. The summed E-state index contributed by atoms with van der Waals surface area (Å²) in [5.74, 6) is 0.955. The molecule has 2 N–H and O–H groups in total. The van der Waals surface area contributed by atoms with Crippen molar-refractivity contribution in [2.24, 2.45) is 4.99 Å². The van der Waals surface area contributed by atoms with Crippen LogP contribution in [0.2, 0.25) is 0 Å². The molecule has 1 aliphatic rings. The number of halogens is 3. The Morgan fingerprint density at radius 1 is 1.10 bits per heavy atom. The first-order valence-corrected chi connectivity index (χ1v) is 13.5. The zero-order chi connectivity index (χ0) is 29.4. The summed E-state index contributed by atoms with van der Waals surface area (Å²) < 4.78 is 45.5. The summed E-state index contributed by atoms with van der Waals surface area (Å²) in [4.78, 5) is 23.8. The van der Waals surface area contributed by atoms with E-state index < -0.39 is 11.7 Å². The van der Waals surface area contributed by atoms with Gasteiger partial charge in [-0.2, -0.15) is 13.2 Å². The van der Waals surface area contributed by atoms with Crippen LogP contribution in [0.15, 0.2) is 77.9 Å². The van der Waals surface area contributed by atoms with Gasteiger partial charge in [0.1, 0.15) is 23.0 Å². The summed E-state index contributed by atoms with van der Waals surface area (Å²) in [6.07, 6.45) is 0.415. The van der Waals surface area contributed by atoms with Crippen LogP contribution in [0.3, 0.4) is 0 Å². The minimum absolute atomic E-state index is 0.241. The van der Waals surface area contributed by atoms with E-state index in [1.165, 1.54) is 31.2 Å². The van der Waals surface area contributed by atoms with Crippen molar-refractivity contribution in [3.63, 3.8) is 0 Å². The van der Waals surface area contributed by atoms with E-state index in [9.17, 15) is 18.0 Å². The molecular weight excluding hydrogens is 531 g/mol. The largest absolute Gasteiger partial charge is 0.457 e. The summed E-state index contributed by atoms with van der Waals surface area (Å²) in [7, 11) is 0. The van der Waals surface area contributed by atoms with Crippen LogP contribution in [0.4, 0.5) is 24.5 Å². The fourth-order valence-electron chi connectivity index (χ4n) is 4.37. The van der Waals surface area contributed by atoms with Gasteiger partial charge in [0.05, 0.1) is 11.3 Å². The van der Waals surface area contributed by atoms with Crippen LogP contribution in [0, 0.1) is 6.92 Å². The third kappa shape index (κ3) is 8.65. The number of alkyl halides is 3. The van der Waals surface area contributed by atoms with Gasteiger partial charge < -0.3 is 20.3 Å². The number of aromatic nitrogens is 1. The molecule has 7 nitrogen and oxygen atoms in total. The monoisotopic (exact) mass is 565 g/mol. The Kier molecular flexibility index (Phi) is 9.78. The zero-order valence-electron chi connectivity index (χ0n) is 23.2. The third-order valence-corrected chi connectivity index (χ3v) is 6.60. The van der Waals surface area contributed by atoms with Gasteiger partial charge in [-0.25, -0.2) is 4.99 Å². The fraction of sp³-hybridized carbons (Fsp3) is 0.323. The molecular formula is C31H34F3N5O2. The van der Waals surface area contributed by atoms with Crippen molar-refractivity contribution in [1.82, 2.24) is 15.2 Å². The molecule has 0 unspecified atom stereocenters. The second kappa shape index (κ2) is 13.5. The van der Waals surface area contributed by atoms with E-state index >= 15 is 0 Å². The Balaban J connectivity index is 1.44. The number of hydrogen-bond donors (Lipinski definition) is 2. The first kappa shape index (κ1) is 29.8. The normalized spacial score (nSPS) is 14.1. The number of pyridine rings is 1. The molecule has 0 spiro atoms. The second-order valence-corrected chi connectivity index (χ2v) is 10.0. The smallest absolute Gasteiger partial charge is 0.416 e. The molecule has 1 saturated heterocycles. The predicted molar refractivity (Wildman–Crippen MR) is 155 cm³/mol. The van der Waals surface area contributed by atoms with Crippen LogP contribution in [0.1, 0.15) is 47.8 Å². The maximum atomic E-state index is 13.2. The topological polar surface area (TPSA) is 78.9 Å². The molecule has 1 amide bonds. The number of benzene rings is 2. The van der Waals surface area contributed by atoms with Crippen molar-refractivity contribution < 1.29 is 22.7 Å². The van der Waals surface area contributed by atoms with Gasteiger partial charge in [-0.05, 0) is 94.2 Å². The van der Waals surface area contributed by atoms with E-state index in [1.54, 1.807) is 31.2 Å². The number of hydrogen-bond acceptors (Lipinski definition) is 5. The SMILES string of the molecule is C=C(C)C(=Nc1cc(Oc2ccnc(C(=O)NCCCN3CCCC3)c2)ccc1C)Nc1cccc(C(F)(F)F)c1. The Hall–Kier alpha value is -4.18. The average Bonchev–Trinajstić information content (AvgIpc) is 3.46. The van der Waals surface area contributed by atoms with E-state index in [4.69, 9.17) is 4.74 Å². The van der Waals surface area contributed by atoms with Crippen LogP contribution in [0.5, 0.6) is 11.5 Å². The number of amides is 1. The minimum Gasteiger partial charge on any atom is -0.457 e. The van der Waals surface area contributed by atoms with Crippen molar-refractivity contribution in [3.05, 3.63) is 89.8 Å². The number of aryl methyl sites for hydroxylation is 1. The van der Waals surface area contributed by atoms with Gasteiger partial charge in [0.15, 0.2) is 0 Å². The molecule has 1 aliphatic heterocycles. The summed E-state index contributed by atoms with van der Waals surface area (Å²) in [5.41, 5.74) is 1.64. The second-order valence-electron chi connectivity index (χ2n) is 10.0. The standard InChI is InChI=1S/C31H34F3N5O2/c1-21(2)29(37-24-9-6-8-23(18-24)31(32,33)34)38-27-19-25(11-10-22(27)3)41-26-12-14-35-28(20-26)30(40)36-13-7-17-39-15-4-5-16-39/h6,8-12,14,18-20H,1,4-5,7,13,15-17H2,2-3H3,(H,36,40)(H,37,38). The molecule has 0 aliphatic carbocycles. The maximum absolute atomic E-state index is 13.2. The Labute approximate surface area is 238 Å². The Morgan fingerprint density at radius 3 is 2.59 bits per heavy atom. The van der Waals surface area contributed by atoms with E-state index in [-0.39, 0.29) is 17.3 Å². The first-order valence-electron chi connectivity index (χ1n) is 13.5. The van der Waals surface area contributed by atoms with Crippen molar-refractivity contribution in [1.29, 1.82) is 0 Å². The number of anilines is 1. The lowest BCUT2D eigenvalue weighted by atomic mass is 10.1. The highest BCUT2D eigenvalue weighted by molar-refractivity contribution is 6.08. The highest BCUT2D eigenvalue weighted by Crippen LogP contribution is 2.32. The number of ether oxygens (including phenoxy) is 1. The lowest BCUT2D eigenvalue weighted by Gasteiger charge is -2.14. The van der Waals surface area contributed by atoms with Gasteiger partial charge in [0, 0.05) is 30.6 Å². The number of amidine groups is 1. The van der Waals surface area contributed by atoms with Gasteiger partial charge in [0.25, 0.3) is 5.91 Å². The van der Waals surface area contributed by atoms with Crippen molar-refractivity contribution in [3.8, 4) is 11.5 Å². The predicted octanol–water partition coefficient (Wildman–Crippen LogP) is 7.14. The van der Waals surface area contributed by atoms with E-state index in [1.807, 2.05) is 13.0 Å². The number of nitrogens with zero attached hydrogens (tertiary/aromatic N) is 3. The molecule has 216 valence electrons. The summed E-state index contributed by atoms with van der Waals surface area (Å²) in [5, 5.41) is 5.86. The summed E-state index contributed by atoms with van der Waals surface area (Å²) >= 11 is 0. The van der Waals surface area contributed by atoms with Crippen LogP contribution in [-0.4, -0.2) is 47.8 Å². The molecule has 1 aromatic heterocycles. The summed E-state index contributed by atoms with van der Waals surface area (Å²) in [6, 6.07) is 13.4. The number of carbonyl (C=O) groups is 1. The van der Waals surface area contributed by atoms with Crippen molar-refractivity contribution in [2.45, 2.75) is 39.3 Å². The summed E-state index contributed by atoms with van der Waals surface area (Å²) in [6.45, 7) is 11.3. The molecule has 0 atom stereocenters. The number of aliphatic imine (C=N–C) groups is 1. The lowest BCUT2D eigenvalue weighted by molar-refractivity contribution is -0.137. The Morgan fingerprint density at radius 2 is 1.85 bits per heavy atom. The molecule has 2 aromatic carbocycles. The van der Waals surface area contributed by atoms with Gasteiger partial charge in [0.2, 0.25) is 0 Å². The quantitative estimate of drug-likeness (QED) is 0.155. The molecule has 1 fully saturated rings. The first-order chi connectivity index (χ1) is 19.6. The van der Waals surface area contributed by atoms with Crippen LogP contribution >= 0.6 is 0 Å². The van der Waals surface area contributed by atoms with E-state index in [0.29, 0.717) is 35.1 Å². The van der Waals surface area contributed by atoms with Crippen LogP contribution in [0.25, 0.3) is 0 Å². The third-order valence-electron chi connectivity index (χ3n) is 6.60. The van der Waals surface area contributed by atoms with Gasteiger partial charge in [-0.3, -0.25) is 9.78 Å². The number of rotatable bonds is 10. The Bertz CT molecular complexity index is 1410. The molecule has 4 rings (SSSR count). The van der Waals surface area contributed by atoms with Crippen LogP contribution < -0.4 is 15.4 Å². The van der Waals surface area contributed by atoms with Gasteiger partial charge in [-0.1, -0.05) is 18.7 Å². The molecule has 0 saturated carbocycles. The highest BCUT2D eigenvalue weighted by Gasteiger charge is 2.30. The van der Waals surface area contributed by atoms with Crippen LogP contribution in [-0.2, 0) is 6.18 Å².